The van der Waals surface area contributed by atoms with Crippen LogP contribution >= 0.6 is 0 Å². The van der Waals surface area contributed by atoms with Crippen molar-refractivity contribution < 1.29 is 28.5 Å². The molecule has 1 fully saturated rings. The Balaban J connectivity index is 1.77. The van der Waals surface area contributed by atoms with Crippen LogP contribution in [0.5, 0.6) is 0 Å². The average Bonchev–Trinajstić information content (AvgIpc) is 2.47. The fourth-order valence-electron chi connectivity index (χ4n) is 1.79. The van der Waals surface area contributed by atoms with Crippen molar-refractivity contribution in [3.63, 3.8) is 0 Å². The number of carbonyl (C=O) groups is 1. The van der Waals surface area contributed by atoms with E-state index in [4.69, 9.17) is 23.7 Å². The second-order valence-electron chi connectivity index (χ2n) is 4.45. The van der Waals surface area contributed by atoms with Crippen LogP contribution in [0.4, 0.5) is 0 Å². The number of esters is 1. The Morgan fingerprint density at radius 3 is 2.55 bits per heavy atom. The first-order valence-electron chi connectivity index (χ1n) is 7.37. The van der Waals surface area contributed by atoms with Gasteiger partial charge >= 0.3 is 5.97 Å². The molecule has 0 aliphatic carbocycles. The minimum absolute atomic E-state index is 0.0619. The van der Waals surface area contributed by atoms with Crippen LogP contribution in [0.2, 0.25) is 0 Å². The van der Waals surface area contributed by atoms with Gasteiger partial charge < -0.3 is 23.7 Å². The molecular weight excluding hydrogens is 264 g/mol. The third-order valence-electron chi connectivity index (χ3n) is 2.80. The number of carbonyl (C=O) groups excluding carboxylic acids is 1. The predicted octanol–water partition coefficient (Wildman–Crippen LogP) is 1.52. The first-order chi connectivity index (χ1) is 9.83. The van der Waals surface area contributed by atoms with Gasteiger partial charge in [-0.15, -0.1) is 0 Å². The molecule has 1 heterocycles. The van der Waals surface area contributed by atoms with Crippen LogP contribution in [0.25, 0.3) is 0 Å². The van der Waals surface area contributed by atoms with E-state index in [1.54, 1.807) is 6.92 Å². The van der Waals surface area contributed by atoms with Crippen molar-refractivity contribution >= 4 is 5.97 Å². The predicted molar refractivity (Wildman–Crippen MR) is 72.4 cm³/mol. The SMILES string of the molecule is CCOC(=O)CCOCCOCCOC1CCCCO1. The first-order valence-corrected chi connectivity index (χ1v) is 7.37. The van der Waals surface area contributed by atoms with Gasteiger partial charge in [0, 0.05) is 6.61 Å². The molecule has 6 nitrogen and oxygen atoms in total. The van der Waals surface area contributed by atoms with Crippen LogP contribution in [-0.2, 0) is 28.5 Å². The summed E-state index contributed by atoms with van der Waals surface area (Å²) >= 11 is 0. The molecule has 0 bridgehead atoms. The van der Waals surface area contributed by atoms with Gasteiger partial charge in [-0.25, -0.2) is 0 Å². The van der Waals surface area contributed by atoms with Crippen molar-refractivity contribution in [1.82, 2.24) is 0 Å². The summed E-state index contributed by atoms with van der Waals surface area (Å²) in [5, 5.41) is 0. The Morgan fingerprint density at radius 2 is 1.85 bits per heavy atom. The number of hydrogen-bond donors (Lipinski definition) is 0. The highest BCUT2D eigenvalue weighted by atomic mass is 16.7. The van der Waals surface area contributed by atoms with Crippen LogP contribution in [0.15, 0.2) is 0 Å². The minimum atomic E-state index is -0.227. The maximum Gasteiger partial charge on any atom is 0.308 e. The summed E-state index contributed by atoms with van der Waals surface area (Å²) in [6.07, 6.45) is 3.49. The van der Waals surface area contributed by atoms with Crippen molar-refractivity contribution in [2.75, 3.05) is 46.2 Å². The van der Waals surface area contributed by atoms with E-state index in [0.717, 1.165) is 19.4 Å². The van der Waals surface area contributed by atoms with Gasteiger partial charge in [0.25, 0.3) is 0 Å². The second-order valence-corrected chi connectivity index (χ2v) is 4.45. The van der Waals surface area contributed by atoms with E-state index in [9.17, 15) is 4.79 Å². The van der Waals surface area contributed by atoms with E-state index in [-0.39, 0.29) is 18.7 Å². The third-order valence-corrected chi connectivity index (χ3v) is 2.80. The molecule has 0 aromatic rings. The molecule has 1 aliphatic rings. The molecule has 0 spiro atoms. The maximum atomic E-state index is 11.0. The lowest BCUT2D eigenvalue weighted by molar-refractivity contribution is -0.169. The minimum Gasteiger partial charge on any atom is -0.466 e. The van der Waals surface area contributed by atoms with Crippen LogP contribution < -0.4 is 0 Å². The lowest BCUT2D eigenvalue weighted by Gasteiger charge is -2.22. The Labute approximate surface area is 120 Å². The summed E-state index contributed by atoms with van der Waals surface area (Å²) in [5.74, 6) is -0.227. The Morgan fingerprint density at radius 1 is 1.10 bits per heavy atom. The number of hydrogen-bond acceptors (Lipinski definition) is 6. The van der Waals surface area contributed by atoms with E-state index in [2.05, 4.69) is 0 Å². The van der Waals surface area contributed by atoms with Crippen molar-refractivity contribution in [2.24, 2.45) is 0 Å². The molecule has 1 aliphatic heterocycles. The summed E-state index contributed by atoms with van der Waals surface area (Å²) < 4.78 is 26.3. The Bertz CT molecular complexity index is 240. The molecule has 1 atom stereocenters. The molecule has 0 aromatic heterocycles. The molecule has 0 saturated carbocycles. The quantitative estimate of drug-likeness (QED) is 0.424. The fraction of sp³-hybridized carbons (Fsp3) is 0.929. The average molecular weight is 290 g/mol. The molecule has 1 rings (SSSR count). The van der Waals surface area contributed by atoms with Crippen LogP contribution in [0.3, 0.4) is 0 Å². The molecule has 0 radical (unpaired) electrons. The van der Waals surface area contributed by atoms with Crippen LogP contribution in [-0.4, -0.2) is 58.5 Å². The van der Waals surface area contributed by atoms with Gasteiger partial charge in [-0.05, 0) is 26.2 Å². The van der Waals surface area contributed by atoms with E-state index in [0.29, 0.717) is 39.6 Å². The van der Waals surface area contributed by atoms with Crippen molar-refractivity contribution in [3.05, 3.63) is 0 Å². The molecule has 1 saturated heterocycles. The van der Waals surface area contributed by atoms with Crippen molar-refractivity contribution in [1.29, 1.82) is 0 Å². The van der Waals surface area contributed by atoms with E-state index in [1.165, 1.54) is 6.42 Å². The number of rotatable bonds is 11. The van der Waals surface area contributed by atoms with Gasteiger partial charge in [0.1, 0.15) is 0 Å². The molecular formula is C14H26O6. The van der Waals surface area contributed by atoms with Gasteiger partial charge in [-0.3, -0.25) is 4.79 Å². The van der Waals surface area contributed by atoms with Gasteiger partial charge in [0.15, 0.2) is 6.29 Å². The molecule has 6 heteroatoms. The molecule has 20 heavy (non-hydrogen) atoms. The van der Waals surface area contributed by atoms with Crippen LogP contribution in [0, 0.1) is 0 Å². The van der Waals surface area contributed by atoms with Gasteiger partial charge in [-0.2, -0.15) is 0 Å². The molecule has 118 valence electrons. The van der Waals surface area contributed by atoms with Crippen molar-refractivity contribution in [2.45, 2.75) is 38.9 Å². The number of ether oxygens (including phenoxy) is 5. The Hall–Kier alpha value is -0.690. The monoisotopic (exact) mass is 290 g/mol. The highest BCUT2D eigenvalue weighted by Crippen LogP contribution is 2.13. The maximum absolute atomic E-state index is 11.0. The highest BCUT2D eigenvalue weighted by molar-refractivity contribution is 5.69. The van der Waals surface area contributed by atoms with Gasteiger partial charge in [0.05, 0.1) is 46.1 Å². The highest BCUT2D eigenvalue weighted by Gasteiger charge is 2.13. The van der Waals surface area contributed by atoms with E-state index in [1.807, 2.05) is 0 Å². The first kappa shape index (κ1) is 17.4. The molecule has 0 amide bonds. The molecule has 0 aromatic carbocycles. The zero-order valence-electron chi connectivity index (χ0n) is 12.3. The topological polar surface area (TPSA) is 63.2 Å². The van der Waals surface area contributed by atoms with Crippen LogP contribution in [0.1, 0.15) is 32.6 Å². The standard InChI is InChI=1S/C14H26O6/c1-2-18-13(15)6-8-16-9-10-17-11-12-20-14-5-3-4-7-19-14/h14H,2-12H2,1H3. The third kappa shape index (κ3) is 9.25. The van der Waals surface area contributed by atoms with Gasteiger partial charge in [-0.1, -0.05) is 0 Å². The summed E-state index contributed by atoms with van der Waals surface area (Å²) in [6.45, 7) is 5.39. The lowest BCUT2D eigenvalue weighted by Crippen LogP contribution is -2.24. The normalized spacial score (nSPS) is 18.9. The van der Waals surface area contributed by atoms with Crippen molar-refractivity contribution in [3.8, 4) is 0 Å². The summed E-state index contributed by atoms with van der Waals surface area (Å²) in [6, 6.07) is 0. The summed E-state index contributed by atoms with van der Waals surface area (Å²) in [4.78, 5) is 11.0. The zero-order chi connectivity index (χ0) is 14.5. The zero-order valence-corrected chi connectivity index (χ0v) is 12.3. The lowest BCUT2D eigenvalue weighted by atomic mass is 10.2. The Kier molecular flexibility index (Phi) is 10.5. The van der Waals surface area contributed by atoms with Gasteiger partial charge in [0.2, 0.25) is 0 Å². The van der Waals surface area contributed by atoms with E-state index >= 15 is 0 Å². The molecule has 1 unspecified atom stereocenters. The molecule has 0 N–H and O–H groups in total. The largest absolute Gasteiger partial charge is 0.466 e. The second kappa shape index (κ2) is 12.1. The fourth-order valence-corrected chi connectivity index (χ4v) is 1.79. The summed E-state index contributed by atoms with van der Waals surface area (Å²) in [5.41, 5.74) is 0. The summed E-state index contributed by atoms with van der Waals surface area (Å²) in [7, 11) is 0. The smallest absolute Gasteiger partial charge is 0.308 e. The van der Waals surface area contributed by atoms with E-state index < -0.39 is 0 Å².